The Morgan fingerprint density at radius 3 is 2.38 bits per heavy atom. The van der Waals surface area contributed by atoms with Gasteiger partial charge in [0.15, 0.2) is 0 Å². The fourth-order valence-electron chi connectivity index (χ4n) is 8.69. The van der Waals surface area contributed by atoms with Gasteiger partial charge in [-0.3, -0.25) is 24.7 Å². The second-order valence-electron chi connectivity index (χ2n) is 17.3. The van der Waals surface area contributed by atoms with Crippen LogP contribution < -0.4 is 20.0 Å². The fourth-order valence-corrected chi connectivity index (χ4v) is 8.69. The highest BCUT2D eigenvalue weighted by molar-refractivity contribution is 6.12. The Labute approximate surface area is 347 Å². The van der Waals surface area contributed by atoms with Gasteiger partial charge in [0.05, 0.1) is 11.1 Å². The van der Waals surface area contributed by atoms with Crippen molar-refractivity contribution in [3.8, 4) is 11.3 Å². The van der Waals surface area contributed by atoms with Crippen LogP contribution in [0.1, 0.15) is 80.5 Å². The van der Waals surface area contributed by atoms with E-state index in [0.717, 1.165) is 78.2 Å². The number of Topliss-reactive ketones (excluding diaryl/α,β-unsaturated/α-hetero) is 1. The number of hydrogen-bond donors (Lipinski definition) is 2. The molecule has 0 spiro atoms. The first-order chi connectivity index (χ1) is 28.8. The molecule has 3 aromatic carbocycles. The zero-order valence-electron chi connectivity index (χ0n) is 34.6. The Hall–Kier alpha value is -6.22. The summed E-state index contributed by atoms with van der Waals surface area (Å²) in [7, 11) is 0. The number of H-pyrrole nitrogens is 1. The summed E-state index contributed by atoms with van der Waals surface area (Å²) in [6.07, 6.45) is 2.51. The summed E-state index contributed by atoms with van der Waals surface area (Å²) in [6.45, 7) is 15.6. The minimum Gasteiger partial charge on any atom is -0.369 e. The number of rotatable bonds is 10. The molecule has 0 radical (unpaired) electrons. The number of halogens is 1. The van der Waals surface area contributed by atoms with Gasteiger partial charge < -0.3 is 19.3 Å². The standard InChI is InChI=1S/C45H49FN10O4/c1-26(6-15-36(57)41-51-43(60-52-41)45(3,4)5)32-13-14-34(39(46)27(32)2)40-38-33-12-11-30(22-35(33)49-42(38)48-25-47-40)53-18-20-54(21-19-53)31-23-55(24-31)28-7-9-29(10-8-28)56-17-16-37(58)50-44(56)59/h7-14,22,25-26,31H,6,15-21,23-24H2,1-5H3,(H,47,48,49)(H,50,58,59)/t26-/m0/s1. The molecule has 0 saturated carbocycles. The van der Waals surface area contributed by atoms with Crippen molar-refractivity contribution >= 4 is 56.7 Å². The normalized spacial score (nSPS) is 17.4. The predicted molar refractivity (Wildman–Crippen MR) is 228 cm³/mol. The van der Waals surface area contributed by atoms with E-state index in [4.69, 9.17) is 4.52 Å². The zero-order valence-corrected chi connectivity index (χ0v) is 34.6. The second-order valence-corrected chi connectivity index (χ2v) is 17.3. The number of piperazine rings is 1. The van der Waals surface area contributed by atoms with Crippen LogP contribution in [0.5, 0.6) is 0 Å². The van der Waals surface area contributed by atoms with Gasteiger partial charge in [0.25, 0.3) is 0 Å². The van der Waals surface area contributed by atoms with Gasteiger partial charge in [-0.2, -0.15) is 4.98 Å². The molecular weight excluding hydrogens is 764 g/mol. The van der Waals surface area contributed by atoms with Gasteiger partial charge >= 0.3 is 6.03 Å². The molecule has 6 aromatic rings. The van der Waals surface area contributed by atoms with Crippen molar-refractivity contribution in [1.29, 1.82) is 0 Å². The second kappa shape index (κ2) is 15.4. The third-order valence-corrected chi connectivity index (χ3v) is 12.3. The van der Waals surface area contributed by atoms with Crippen molar-refractivity contribution in [2.75, 3.05) is 60.5 Å². The number of benzene rings is 3. The molecule has 3 aliphatic heterocycles. The van der Waals surface area contributed by atoms with Crippen molar-refractivity contribution < 1.29 is 23.3 Å². The first-order valence-electron chi connectivity index (χ1n) is 20.7. The maximum atomic E-state index is 16.3. The predicted octanol–water partition coefficient (Wildman–Crippen LogP) is 7.13. The maximum Gasteiger partial charge on any atom is 0.328 e. The van der Waals surface area contributed by atoms with Gasteiger partial charge in [0.1, 0.15) is 17.8 Å². The Morgan fingerprint density at radius 2 is 1.67 bits per heavy atom. The minimum atomic E-state index is -0.371. The number of amides is 3. The van der Waals surface area contributed by atoms with Crippen LogP contribution in [0, 0.1) is 12.7 Å². The number of ketones is 1. The van der Waals surface area contributed by atoms with Gasteiger partial charge in [-0.05, 0) is 72.9 Å². The summed E-state index contributed by atoms with van der Waals surface area (Å²) < 4.78 is 21.7. The summed E-state index contributed by atoms with van der Waals surface area (Å²) in [5, 5.41) is 7.98. The van der Waals surface area contributed by atoms with Crippen LogP contribution in [-0.2, 0) is 10.2 Å². The van der Waals surface area contributed by atoms with E-state index in [1.807, 2.05) is 58.0 Å². The molecule has 3 saturated heterocycles. The number of carbonyl (C=O) groups is 3. The Morgan fingerprint density at radius 1 is 0.933 bits per heavy atom. The van der Waals surface area contributed by atoms with E-state index in [-0.39, 0.29) is 47.1 Å². The number of urea groups is 1. The van der Waals surface area contributed by atoms with Crippen LogP contribution in [0.25, 0.3) is 33.2 Å². The Kier molecular flexibility index (Phi) is 10.1. The number of hydrogen-bond acceptors (Lipinski definition) is 11. The average Bonchev–Trinajstić information content (AvgIpc) is 3.87. The highest BCUT2D eigenvalue weighted by Crippen LogP contribution is 2.38. The quantitative estimate of drug-likeness (QED) is 0.136. The van der Waals surface area contributed by atoms with Crippen LogP contribution >= 0.6 is 0 Å². The van der Waals surface area contributed by atoms with Crippen molar-refractivity contribution in [3.05, 3.63) is 89.6 Å². The summed E-state index contributed by atoms with van der Waals surface area (Å²) in [5.74, 6) is -0.342. The molecule has 9 rings (SSSR count). The largest absolute Gasteiger partial charge is 0.369 e. The number of imide groups is 1. The minimum absolute atomic E-state index is 0.0783. The first kappa shape index (κ1) is 39.3. The third-order valence-electron chi connectivity index (χ3n) is 12.3. The molecule has 0 unspecified atom stereocenters. The number of anilines is 3. The van der Waals surface area contributed by atoms with Gasteiger partial charge in [-0.25, -0.2) is 19.2 Å². The van der Waals surface area contributed by atoms with Crippen molar-refractivity contribution in [3.63, 3.8) is 0 Å². The number of aromatic amines is 1. The van der Waals surface area contributed by atoms with E-state index in [1.54, 1.807) is 17.9 Å². The number of fused-ring (bicyclic) bond motifs is 3. The van der Waals surface area contributed by atoms with Crippen LogP contribution in [0.15, 0.2) is 65.4 Å². The monoisotopic (exact) mass is 812 g/mol. The number of nitrogens with one attached hydrogen (secondary N) is 2. The molecule has 2 N–H and O–H groups in total. The summed E-state index contributed by atoms with van der Waals surface area (Å²) in [5.41, 5.74) is 6.58. The van der Waals surface area contributed by atoms with Crippen LogP contribution in [0.2, 0.25) is 0 Å². The van der Waals surface area contributed by atoms with E-state index >= 15 is 4.39 Å². The molecule has 3 aliphatic rings. The SMILES string of the molecule is Cc1c([C@@H](C)CCC(=O)c2noc(C(C)(C)C)n2)ccc(-c2ncnc3[nH]c4cc(N5CCN(C6CN(c7ccc(N8CCC(=O)NC8=O)cc7)C6)CC5)ccc4c23)c1F. The molecular formula is C45H49FN10O4. The molecule has 3 aromatic heterocycles. The van der Waals surface area contributed by atoms with E-state index in [2.05, 4.69) is 63.3 Å². The van der Waals surface area contributed by atoms with Gasteiger partial charge in [0, 0.05) is 104 Å². The van der Waals surface area contributed by atoms with Crippen LogP contribution in [0.3, 0.4) is 0 Å². The Balaban J connectivity index is 0.832. The molecule has 60 heavy (non-hydrogen) atoms. The van der Waals surface area contributed by atoms with Crippen molar-refractivity contribution in [1.82, 2.24) is 35.3 Å². The molecule has 310 valence electrons. The van der Waals surface area contributed by atoms with Crippen molar-refractivity contribution in [2.45, 2.75) is 71.3 Å². The number of nitrogens with zero attached hydrogens (tertiary/aromatic N) is 8. The highest BCUT2D eigenvalue weighted by atomic mass is 19.1. The maximum absolute atomic E-state index is 16.3. The van der Waals surface area contributed by atoms with E-state index in [1.165, 1.54) is 6.33 Å². The topological polar surface area (TPSA) is 157 Å². The van der Waals surface area contributed by atoms with Gasteiger partial charge in [0.2, 0.25) is 23.4 Å². The summed E-state index contributed by atoms with van der Waals surface area (Å²) in [4.78, 5) is 62.5. The smallest absolute Gasteiger partial charge is 0.328 e. The van der Waals surface area contributed by atoms with E-state index in [9.17, 15) is 14.4 Å². The van der Waals surface area contributed by atoms with Gasteiger partial charge in [-0.15, -0.1) is 0 Å². The third kappa shape index (κ3) is 7.35. The molecule has 0 bridgehead atoms. The molecule has 14 nitrogen and oxygen atoms in total. The number of aromatic nitrogens is 5. The molecule has 3 fully saturated rings. The van der Waals surface area contributed by atoms with E-state index in [0.29, 0.717) is 53.8 Å². The lowest BCUT2D eigenvalue weighted by Gasteiger charge is -2.49. The van der Waals surface area contributed by atoms with Gasteiger partial charge in [-0.1, -0.05) is 45.0 Å². The first-order valence-corrected chi connectivity index (χ1v) is 20.7. The average molecular weight is 813 g/mol. The van der Waals surface area contributed by atoms with E-state index < -0.39 is 0 Å². The fraction of sp³-hybridized carbons (Fsp3) is 0.400. The molecule has 15 heteroatoms. The number of carbonyl (C=O) groups excluding carboxylic acids is 3. The molecule has 0 aliphatic carbocycles. The Bertz CT molecular complexity index is 2620. The lowest BCUT2D eigenvalue weighted by molar-refractivity contribution is -0.120. The molecule has 1 atom stereocenters. The lowest BCUT2D eigenvalue weighted by atomic mass is 9.89. The summed E-state index contributed by atoms with van der Waals surface area (Å²) >= 11 is 0. The van der Waals surface area contributed by atoms with Crippen LogP contribution in [0.4, 0.5) is 26.2 Å². The van der Waals surface area contributed by atoms with Crippen LogP contribution in [-0.4, -0.2) is 99.6 Å². The zero-order chi connectivity index (χ0) is 41.9. The lowest BCUT2D eigenvalue weighted by Crippen LogP contribution is -2.63. The van der Waals surface area contributed by atoms with Crippen molar-refractivity contribution in [2.24, 2.45) is 0 Å². The molecule has 6 heterocycles. The highest BCUT2D eigenvalue weighted by Gasteiger charge is 2.34. The molecule has 3 amide bonds. The summed E-state index contributed by atoms with van der Waals surface area (Å²) in [6, 6.07) is 18.2.